The quantitative estimate of drug-likeness (QED) is 0.844. The summed E-state index contributed by atoms with van der Waals surface area (Å²) in [4.78, 5) is 12.1. The van der Waals surface area contributed by atoms with Crippen molar-refractivity contribution in [1.29, 1.82) is 0 Å². The molecule has 1 aliphatic heterocycles. The highest BCUT2D eigenvalue weighted by molar-refractivity contribution is 5.94. The van der Waals surface area contributed by atoms with Crippen molar-refractivity contribution in [1.82, 2.24) is 10.6 Å². The van der Waals surface area contributed by atoms with Crippen LogP contribution < -0.4 is 15.4 Å². The molecule has 0 aromatic heterocycles. The van der Waals surface area contributed by atoms with Gasteiger partial charge >= 0.3 is 0 Å². The van der Waals surface area contributed by atoms with Crippen molar-refractivity contribution in [3.8, 4) is 5.75 Å². The molecular weight excluding hydrogens is 324 g/mol. The van der Waals surface area contributed by atoms with Gasteiger partial charge in [-0.25, -0.2) is 0 Å². The Hall–Kier alpha value is -2.04. The third-order valence-corrected chi connectivity index (χ3v) is 4.04. The molecule has 0 aliphatic carbocycles. The fourth-order valence-corrected chi connectivity index (χ4v) is 2.69. The predicted octanol–water partition coefficient (Wildman–Crippen LogP) is 3.17. The third kappa shape index (κ3) is 5.25. The van der Waals surface area contributed by atoms with Gasteiger partial charge in [0, 0.05) is 18.2 Å². The highest BCUT2D eigenvalue weighted by atomic mass is 35.5. The Balaban J connectivity index is 0.00000208. The molecule has 1 saturated heterocycles. The van der Waals surface area contributed by atoms with E-state index < -0.39 is 0 Å². The van der Waals surface area contributed by atoms with E-state index >= 15 is 0 Å². The summed E-state index contributed by atoms with van der Waals surface area (Å²) in [5, 5.41) is 6.35. The molecule has 2 aromatic carbocycles. The third-order valence-electron chi connectivity index (χ3n) is 4.04. The van der Waals surface area contributed by atoms with Gasteiger partial charge in [0.25, 0.3) is 5.91 Å². The fraction of sp³-hybridized carbons (Fsp3) is 0.316. The van der Waals surface area contributed by atoms with Gasteiger partial charge in [0.1, 0.15) is 12.4 Å². The van der Waals surface area contributed by atoms with Gasteiger partial charge in [-0.2, -0.15) is 0 Å². The highest BCUT2D eigenvalue weighted by Crippen LogP contribution is 2.14. The van der Waals surface area contributed by atoms with Crippen LogP contribution in [0.1, 0.15) is 28.8 Å². The van der Waals surface area contributed by atoms with Crippen molar-refractivity contribution in [2.24, 2.45) is 0 Å². The van der Waals surface area contributed by atoms with E-state index in [1.54, 1.807) is 12.1 Å². The van der Waals surface area contributed by atoms with Gasteiger partial charge in [-0.3, -0.25) is 4.79 Å². The van der Waals surface area contributed by atoms with E-state index in [2.05, 4.69) is 10.6 Å². The molecule has 1 atom stereocenters. The highest BCUT2D eigenvalue weighted by Gasteiger charge is 2.15. The van der Waals surface area contributed by atoms with Crippen LogP contribution in [0.4, 0.5) is 0 Å². The van der Waals surface area contributed by atoms with Crippen LogP contribution in [-0.2, 0) is 6.61 Å². The minimum Gasteiger partial charge on any atom is -0.489 e. The minimum absolute atomic E-state index is 0. The first-order valence-electron chi connectivity index (χ1n) is 8.09. The summed E-state index contributed by atoms with van der Waals surface area (Å²) in [5.74, 6) is 0.733. The number of benzene rings is 2. The number of hydrogen-bond acceptors (Lipinski definition) is 3. The summed E-state index contributed by atoms with van der Waals surface area (Å²) >= 11 is 0. The number of nitrogens with one attached hydrogen (secondary N) is 2. The summed E-state index contributed by atoms with van der Waals surface area (Å²) in [5.41, 5.74) is 1.79. The topological polar surface area (TPSA) is 50.4 Å². The molecule has 1 amide bonds. The Morgan fingerprint density at radius 3 is 2.54 bits per heavy atom. The number of halogens is 1. The second-order valence-electron chi connectivity index (χ2n) is 5.80. The molecule has 1 aliphatic rings. The van der Waals surface area contributed by atoms with Gasteiger partial charge in [0.15, 0.2) is 0 Å². The summed E-state index contributed by atoms with van der Waals surface area (Å²) < 4.78 is 5.73. The second kappa shape index (κ2) is 9.30. The summed E-state index contributed by atoms with van der Waals surface area (Å²) in [6, 6.07) is 17.7. The van der Waals surface area contributed by atoms with Crippen molar-refractivity contribution in [3.63, 3.8) is 0 Å². The van der Waals surface area contributed by atoms with Crippen molar-refractivity contribution in [2.75, 3.05) is 13.1 Å². The first-order valence-corrected chi connectivity index (χ1v) is 8.09. The lowest BCUT2D eigenvalue weighted by Gasteiger charge is -2.12. The van der Waals surface area contributed by atoms with Gasteiger partial charge in [0.2, 0.25) is 0 Å². The van der Waals surface area contributed by atoms with Gasteiger partial charge in [0.05, 0.1) is 0 Å². The number of hydrogen-bond donors (Lipinski definition) is 2. The summed E-state index contributed by atoms with van der Waals surface area (Å²) in [6.45, 7) is 2.26. The Morgan fingerprint density at radius 2 is 1.88 bits per heavy atom. The molecule has 128 valence electrons. The molecule has 0 spiro atoms. The lowest BCUT2D eigenvalue weighted by atomic mass is 10.2. The zero-order valence-corrected chi connectivity index (χ0v) is 14.4. The normalized spacial score (nSPS) is 16.2. The first-order chi connectivity index (χ1) is 11.3. The molecular formula is C19H23ClN2O2. The maximum Gasteiger partial charge on any atom is 0.251 e. The zero-order chi connectivity index (χ0) is 15.9. The second-order valence-corrected chi connectivity index (χ2v) is 5.80. The molecule has 2 N–H and O–H groups in total. The summed E-state index contributed by atoms with van der Waals surface area (Å²) in [7, 11) is 0. The van der Waals surface area contributed by atoms with Gasteiger partial charge in [-0.15, -0.1) is 12.4 Å². The van der Waals surface area contributed by atoms with Crippen LogP contribution in [-0.4, -0.2) is 25.0 Å². The van der Waals surface area contributed by atoms with E-state index in [0.717, 1.165) is 24.3 Å². The van der Waals surface area contributed by atoms with E-state index in [0.29, 0.717) is 24.8 Å². The van der Waals surface area contributed by atoms with Gasteiger partial charge in [-0.05, 0) is 49.2 Å². The maximum atomic E-state index is 12.1. The molecule has 5 heteroatoms. The standard InChI is InChI=1S/C19H22N2O2.ClH/c22-19(21-13-17-7-4-12-20-17)16-8-10-18(11-9-16)23-14-15-5-2-1-3-6-15;/h1-3,5-6,8-11,17,20H,4,7,12-14H2,(H,21,22);1H. The van der Waals surface area contributed by atoms with E-state index in [9.17, 15) is 4.79 Å². The molecule has 24 heavy (non-hydrogen) atoms. The Bertz CT molecular complexity index is 626. The van der Waals surface area contributed by atoms with E-state index in [-0.39, 0.29) is 18.3 Å². The SMILES string of the molecule is Cl.O=C(NCC1CCCN1)c1ccc(OCc2ccccc2)cc1. The minimum atomic E-state index is -0.0340. The lowest BCUT2D eigenvalue weighted by molar-refractivity contribution is 0.0950. The summed E-state index contributed by atoms with van der Waals surface area (Å²) in [6.07, 6.45) is 2.32. The average Bonchev–Trinajstić information content (AvgIpc) is 3.13. The molecule has 3 rings (SSSR count). The first kappa shape index (κ1) is 18.3. The molecule has 4 nitrogen and oxygen atoms in total. The van der Waals surface area contributed by atoms with Crippen molar-refractivity contribution >= 4 is 18.3 Å². The predicted molar refractivity (Wildman–Crippen MR) is 97.8 cm³/mol. The molecule has 1 heterocycles. The Labute approximate surface area is 149 Å². The van der Waals surface area contributed by atoms with Crippen molar-refractivity contribution in [3.05, 3.63) is 65.7 Å². The van der Waals surface area contributed by atoms with Crippen LogP contribution in [0.15, 0.2) is 54.6 Å². The molecule has 2 aromatic rings. The molecule has 1 unspecified atom stereocenters. The van der Waals surface area contributed by atoms with Crippen LogP contribution in [0.3, 0.4) is 0 Å². The van der Waals surface area contributed by atoms with E-state index in [1.165, 1.54) is 6.42 Å². The number of rotatable bonds is 6. The molecule has 0 saturated carbocycles. The fourth-order valence-electron chi connectivity index (χ4n) is 2.69. The van der Waals surface area contributed by atoms with Crippen LogP contribution in [0.25, 0.3) is 0 Å². The lowest BCUT2D eigenvalue weighted by Crippen LogP contribution is -2.37. The van der Waals surface area contributed by atoms with E-state index in [1.807, 2.05) is 42.5 Å². The zero-order valence-electron chi connectivity index (χ0n) is 13.5. The number of carbonyl (C=O) groups is 1. The molecule has 0 radical (unpaired) electrons. The van der Waals surface area contributed by atoms with Gasteiger partial charge in [-0.1, -0.05) is 30.3 Å². The van der Waals surface area contributed by atoms with Crippen molar-refractivity contribution in [2.45, 2.75) is 25.5 Å². The van der Waals surface area contributed by atoms with E-state index in [4.69, 9.17) is 4.74 Å². The van der Waals surface area contributed by atoms with Crippen LogP contribution in [0.5, 0.6) is 5.75 Å². The van der Waals surface area contributed by atoms with Gasteiger partial charge < -0.3 is 15.4 Å². The Morgan fingerprint density at radius 1 is 1.12 bits per heavy atom. The maximum absolute atomic E-state index is 12.1. The Kier molecular flexibility index (Phi) is 7.09. The van der Waals surface area contributed by atoms with Crippen LogP contribution >= 0.6 is 12.4 Å². The van der Waals surface area contributed by atoms with Crippen molar-refractivity contribution < 1.29 is 9.53 Å². The monoisotopic (exact) mass is 346 g/mol. The number of amides is 1. The largest absolute Gasteiger partial charge is 0.489 e. The van der Waals surface area contributed by atoms with Crippen LogP contribution in [0.2, 0.25) is 0 Å². The smallest absolute Gasteiger partial charge is 0.251 e. The number of ether oxygens (including phenoxy) is 1. The average molecular weight is 347 g/mol. The number of carbonyl (C=O) groups excluding carboxylic acids is 1. The molecule has 0 bridgehead atoms. The molecule has 1 fully saturated rings. The van der Waals surface area contributed by atoms with Crippen LogP contribution in [0, 0.1) is 0 Å².